The van der Waals surface area contributed by atoms with E-state index in [2.05, 4.69) is 136 Å². The highest BCUT2D eigenvalue weighted by atomic mass is 14.7. The topological polar surface area (TPSA) is 38.4 Å². The van der Waals surface area contributed by atoms with Crippen LogP contribution in [0.15, 0.2) is 163 Å². The Bertz CT molecular complexity index is 2350. The Kier molecular flexibility index (Phi) is 6.47. The van der Waals surface area contributed by atoms with E-state index in [4.69, 9.17) is 10.7 Å². The smallest absolute Gasteiger partial charge is 0.0696 e. The molecule has 46 heavy (non-hydrogen) atoms. The van der Waals surface area contributed by atoms with E-state index in [9.17, 15) is 0 Å². The second kappa shape index (κ2) is 10.7. The van der Waals surface area contributed by atoms with E-state index in [1.54, 1.807) is 6.20 Å². The number of nitrogens with zero attached hydrogens (tertiary/aromatic N) is 1. The SMILES string of the molecule is C=C1C=CC=CC1=N/C=C(\N)c1c2ccccc2c(-c2cccc3c2-c2ccccc2C3(C)C)c2cc(-c3ccccc3)ccc12. The molecule has 2 aliphatic carbocycles. The van der Waals surface area contributed by atoms with Crippen molar-refractivity contribution in [1.82, 2.24) is 0 Å². The predicted molar refractivity (Wildman–Crippen MR) is 197 cm³/mol. The summed E-state index contributed by atoms with van der Waals surface area (Å²) in [6.07, 6.45) is 9.66. The molecule has 0 aromatic heterocycles. The van der Waals surface area contributed by atoms with Crippen LogP contribution in [0.5, 0.6) is 0 Å². The van der Waals surface area contributed by atoms with Gasteiger partial charge < -0.3 is 5.73 Å². The van der Waals surface area contributed by atoms with Crippen LogP contribution in [0.25, 0.3) is 60.6 Å². The number of hydrogen-bond acceptors (Lipinski definition) is 2. The van der Waals surface area contributed by atoms with Gasteiger partial charge in [0.05, 0.1) is 17.6 Å². The maximum absolute atomic E-state index is 7.00. The molecule has 2 nitrogen and oxygen atoms in total. The lowest BCUT2D eigenvalue weighted by Crippen LogP contribution is -2.14. The molecule has 6 aromatic carbocycles. The zero-order valence-corrected chi connectivity index (χ0v) is 26.1. The van der Waals surface area contributed by atoms with Crippen molar-refractivity contribution < 1.29 is 0 Å². The molecule has 0 unspecified atom stereocenters. The maximum Gasteiger partial charge on any atom is 0.0696 e. The van der Waals surface area contributed by atoms with Crippen molar-refractivity contribution in [2.75, 3.05) is 0 Å². The summed E-state index contributed by atoms with van der Waals surface area (Å²) in [5.41, 5.74) is 20.4. The van der Waals surface area contributed by atoms with Crippen LogP contribution in [0.1, 0.15) is 30.5 Å². The highest BCUT2D eigenvalue weighted by Crippen LogP contribution is 2.54. The summed E-state index contributed by atoms with van der Waals surface area (Å²) >= 11 is 0. The molecule has 0 bridgehead atoms. The Morgan fingerprint density at radius 2 is 1.30 bits per heavy atom. The monoisotopic (exact) mass is 590 g/mol. The minimum atomic E-state index is -0.0955. The molecular weight excluding hydrogens is 556 g/mol. The maximum atomic E-state index is 7.00. The average molecular weight is 591 g/mol. The van der Waals surface area contributed by atoms with Gasteiger partial charge in [0.15, 0.2) is 0 Å². The van der Waals surface area contributed by atoms with Gasteiger partial charge >= 0.3 is 0 Å². The van der Waals surface area contributed by atoms with Crippen molar-refractivity contribution in [3.63, 3.8) is 0 Å². The Labute approximate surface area is 270 Å². The van der Waals surface area contributed by atoms with Crippen LogP contribution in [-0.2, 0) is 5.41 Å². The van der Waals surface area contributed by atoms with Gasteiger partial charge in [-0.15, -0.1) is 0 Å². The third kappa shape index (κ3) is 4.29. The fourth-order valence-corrected chi connectivity index (χ4v) is 7.39. The zero-order valence-electron chi connectivity index (χ0n) is 26.1. The highest BCUT2D eigenvalue weighted by molar-refractivity contribution is 6.21. The molecule has 0 saturated heterocycles. The molecule has 0 aliphatic heterocycles. The van der Waals surface area contributed by atoms with Gasteiger partial charge in [-0.25, -0.2) is 0 Å². The summed E-state index contributed by atoms with van der Waals surface area (Å²) in [6.45, 7) is 8.83. The fourth-order valence-electron chi connectivity index (χ4n) is 7.39. The normalized spacial score (nSPS) is 15.9. The molecular formula is C44H34N2. The lowest BCUT2D eigenvalue weighted by atomic mass is 9.80. The van der Waals surface area contributed by atoms with E-state index >= 15 is 0 Å². The molecule has 2 heteroatoms. The summed E-state index contributed by atoms with van der Waals surface area (Å²) in [5.74, 6) is 0. The number of benzene rings is 6. The minimum Gasteiger partial charge on any atom is -0.397 e. The molecule has 0 fully saturated rings. The van der Waals surface area contributed by atoms with E-state index in [1.807, 2.05) is 24.3 Å². The largest absolute Gasteiger partial charge is 0.397 e. The fraction of sp³-hybridized carbons (Fsp3) is 0.0682. The molecule has 220 valence electrons. The first-order valence-electron chi connectivity index (χ1n) is 15.8. The molecule has 0 atom stereocenters. The average Bonchev–Trinajstić information content (AvgIpc) is 3.33. The van der Waals surface area contributed by atoms with E-state index in [0.717, 1.165) is 27.6 Å². The lowest BCUT2D eigenvalue weighted by molar-refractivity contribution is 0.660. The van der Waals surface area contributed by atoms with Crippen LogP contribution in [-0.4, -0.2) is 5.71 Å². The second-order valence-corrected chi connectivity index (χ2v) is 12.7. The van der Waals surface area contributed by atoms with Gasteiger partial charge in [0.2, 0.25) is 0 Å². The number of fused-ring (bicyclic) bond motifs is 5. The van der Waals surface area contributed by atoms with Gasteiger partial charge in [0.25, 0.3) is 0 Å². The first kappa shape index (κ1) is 27.8. The number of hydrogen-bond donors (Lipinski definition) is 1. The molecule has 0 radical (unpaired) electrons. The predicted octanol–water partition coefficient (Wildman–Crippen LogP) is 11.0. The summed E-state index contributed by atoms with van der Waals surface area (Å²) in [5, 5.41) is 4.54. The Balaban J connectivity index is 1.48. The zero-order chi connectivity index (χ0) is 31.4. The van der Waals surface area contributed by atoms with E-state index in [1.165, 1.54) is 55.3 Å². The van der Waals surface area contributed by atoms with Gasteiger partial charge in [-0.3, -0.25) is 4.99 Å². The Hall–Kier alpha value is -5.73. The van der Waals surface area contributed by atoms with Crippen LogP contribution < -0.4 is 5.73 Å². The molecule has 6 aromatic rings. The van der Waals surface area contributed by atoms with Gasteiger partial charge in [-0.2, -0.15) is 0 Å². The minimum absolute atomic E-state index is 0.0955. The number of rotatable bonds is 4. The van der Waals surface area contributed by atoms with Gasteiger partial charge in [-0.1, -0.05) is 148 Å². The Morgan fingerprint density at radius 3 is 2.13 bits per heavy atom. The van der Waals surface area contributed by atoms with Crippen molar-refractivity contribution in [3.8, 4) is 33.4 Å². The number of nitrogens with two attached hydrogens (primary N) is 1. The van der Waals surface area contributed by atoms with Gasteiger partial charge in [-0.05, 0) is 83.8 Å². The molecule has 2 N–H and O–H groups in total. The molecule has 0 amide bonds. The van der Waals surface area contributed by atoms with Crippen molar-refractivity contribution in [1.29, 1.82) is 0 Å². The van der Waals surface area contributed by atoms with E-state index < -0.39 is 0 Å². The summed E-state index contributed by atoms with van der Waals surface area (Å²) < 4.78 is 0. The van der Waals surface area contributed by atoms with Crippen LogP contribution >= 0.6 is 0 Å². The standard InChI is InChI=1S/C44H34N2/c1-28-14-7-12-23-40(28)46-27-39(45)43-32-18-9-8-17-31(32)41(36-26-30(24-25-33(36)43)29-15-5-4-6-16-29)35-20-13-22-38-42(35)34-19-10-11-21-37(34)44(38,2)3/h4-27H,1,45H2,2-3H3/b39-27-,46-40?. The lowest BCUT2D eigenvalue weighted by Gasteiger charge is -2.23. The molecule has 0 spiro atoms. The van der Waals surface area contributed by atoms with Gasteiger partial charge in [0.1, 0.15) is 0 Å². The molecule has 8 rings (SSSR count). The van der Waals surface area contributed by atoms with E-state index in [0.29, 0.717) is 5.70 Å². The van der Waals surface area contributed by atoms with E-state index in [-0.39, 0.29) is 5.41 Å². The highest BCUT2D eigenvalue weighted by Gasteiger charge is 2.37. The van der Waals surface area contributed by atoms with Crippen molar-refractivity contribution >= 4 is 33.0 Å². The van der Waals surface area contributed by atoms with Crippen LogP contribution in [0.2, 0.25) is 0 Å². The first-order chi connectivity index (χ1) is 22.4. The molecule has 0 heterocycles. The third-order valence-corrected chi connectivity index (χ3v) is 9.63. The van der Waals surface area contributed by atoms with Crippen molar-refractivity contribution in [2.45, 2.75) is 19.3 Å². The summed E-state index contributed by atoms with van der Waals surface area (Å²) in [7, 11) is 0. The van der Waals surface area contributed by atoms with Gasteiger partial charge in [0, 0.05) is 11.0 Å². The summed E-state index contributed by atoms with van der Waals surface area (Å²) in [4.78, 5) is 4.78. The molecule has 0 saturated carbocycles. The van der Waals surface area contributed by atoms with Crippen LogP contribution in [0.4, 0.5) is 0 Å². The van der Waals surface area contributed by atoms with Crippen molar-refractivity contribution in [3.05, 3.63) is 175 Å². The number of aliphatic imine (C=N–C) groups is 1. The molecule has 2 aliphatic rings. The van der Waals surface area contributed by atoms with Crippen LogP contribution in [0.3, 0.4) is 0 Å². The van der Waals surface area contributed by atoms with Crippen molar-refractivity contribution in [2.24, 2.45) is 10.7 Å². The summed E-state index contributed by atoms with van der Waals surface area (Å²) in [6, 6.07) is 41.8. The first-order valence-corrected chi connectivity index (χ1v) is 15.8. The second-order valence-electron chi connectivity index (χ2n) is 12.7. The Morgan fingerprint density at radius 1 is 0.630 bits per heavy atom. The van der Waals surface area contributed by atoms with Crippen LogP contribution in [0, 0.1) is 0 Å². The quantitative estimate of drug-likeness (QED) is 0.204. The third-order valence-electron chi connectivity index (χ3n) is 9.63. The number of allylic oxidation sites excluding steroid dienone is 5.